The van der Waals surface area contributed by atoms with Gasteiger partial charge in [-0.2, -0.15) is 5.10 Å². The first-order valence-corrected chi connectivity index (χ1v) is 13.1. The number of nitrogens with zero attached hydrogens (tertiary/aromatic N) is 5. The Morgan fingerprint density at radius 2 is 1.68 bits per heavy atom. The van der Waals surface area contributed by atoms with Crippen LogP contribution in [0.2, 0.25) is 0 Å². The predicted molar refractivity (Wildman–Crippen MR) is 149 cm³/mol. The number of fused-ring (bicyclic) bond motifs is 1. The Bertz CT molecular complexity index is 1360. The molecular weight excluding hydrogens is 480 g/mol. The molecule has 4 aromatic rings. The van der Waals surface area contributed by atoms with Crippen molar-refractivity contribution < 1.29 is 14.3 Å². The summed E-state index contributed by atoms with van der Waals surface area (Å²) in [6.45, 7) is 10.7. The summed E-state index contributed by atoms with van der Waals surface area (Å²) >= 11 is 0. The zero-order chi connectivity index (χ0) is 27.3. The van der Waals surface area contributed by atoms with Gasteiger partial charge in [0.05, 0.1) is 11.4 Å². The summed E-state index contributed by atoms with van der Waals surface area (Å²) in [5, 5.41) is 5.64. The van der Waals surface area contributed by atoms with Gasteiger partial charge in [0.25, 0.3) is 0 Å². The lowest BCUT2D eigenvalue weighted by Crippen LogP contribution is -2.43. The molecule has 2 aromatic carbocycles. The van der Waals surface area contributed by atoms with Gasteiger partial charge in [0.1, 0.15) is 34.9 Å². The molecule has 0 radical (unpaired) electrons. The van der Waals surface area contributed by atoms with E-state index < -0.39 is 5.60 Å². The van der Waals surface area contributed by atoms with Crippen molar-refractivity contribution >= 4 is 22.9 Å². The van der Waals surface area contributed by atoms with Crippen LogP contribution in [0.5, 0.6) is 11.5 Å². The van der Waals surface area contributed by atoms with E-state index in [9.17, 15) is 4.79 Å². The topological polar surface area (TPSA) is 108 Å². The molecule has 1 aliphatic heterocycles. The van der Waals surface area contributed by atoms with E-state index in [4.69, 9.17) is 20.3 Å². The van der Waals surface area contributed by atoms with Crippen molar-refractivity contribution in [3.63, 3.8) is 0 Å². The second kappa shape index (κ2) is 11.5. The van der Waals surface area contributed by atoms with Crippen molar-refractivity contribution in [2.75, 3.05) is 18.8 Å². The van der Waals surface area contributed by atoms with Gasteiger partial charge in [0.15, 0.2) is 5.65 Å². The number of nitrogen functional groups attached to an aromatic ring is 1. The van der Waals surface area contributed by atoms with E-state index in [1.54, 1.807) is 4.90 Å². The van der Waals surface area contributed by atoms with Crippen LogP contribution < -0.4 is 10.5 Å². The number of carbonyl (C=O) groups is 1. The van der Waals surface area contributed by atoms with Gasteiger partial charge < -0.3 is 20.1 Å². The smallest absolute Gasteiger partial charge is 0.410 e. The number of likely N-dealkylation sites (tertiary alicyclic amines) is 1. The van der Waals surface area contributed by atoms with Crippen LogP contribution in [-0.4, -0.2) is 49.4 Å². The number of nitrogens with two attached hydrogens (primary N) is 1. The molecule has 1 saturated heterocycles. The second-order valence-electron chi connectivity index (χ2n) is 9.91. The van der Waals surface area contributed by atoms with Crippen LogP contribution in [0.4, 0.5) is 10.6 Å². The molecule has 0 aliphatic carbocycles. The molecule has 0 saturated carbocycles. The maximum Gasteiger partial charge on any atom is 0.410 e. The van der Waals surface area contributed by atoms with Gasteiger partial charge >= 0.3 is 6.09 Å². The van der Waals surface area contributed by atoms with Crippen molar-refractivity contribution in [3.8, 4) is 22.8 Å². The highest BCUT2D eigenvalue weighted by Gasteiger charge is 2.31. The number of hydrogen-bond donors (Lipinski definition) is 1. The van der Waals surface area contributed by atoms with Crippen LogP contribution in [0.25, 0.3) is 22.3 Å². The monoisotopic (exact) mass is 516 g/mol. The van der Waals surface area contributed by atoms with E-state index >= 15 is 0 Å². The number of ether oxygens (including phenoxy) is 2. The summed E-state index contributed by atoms with van der Waals surface area (Å²) in [5.74, 6) is 1.85. The number of carbonyl (C=O) groups excluding carboxylic acids is 1. The van der Waals surface area contributed by atoms with Gasteiger partial charge in [-0.3, -0.25) is 0 Å². The normalized spacial score (nSPS) is 15.5. The standard InChI is InChI=1S/C27H30N6O3.C2H6/c1-27(2,3)36-26(34)32-15-7-8-19(16-32)33-25-22(24(28)29-17-30-25)23(31-33)18-11-13-21(14-12-18)35-20-9-5-4-6-10-20;1-2/h4-6,9-14,17,19H,7-8,15-16H2,1-3H3,(H2,28,29,30);1-2H3. The Balaban J connectivity index is 0.00000164. The molecule has 1 aliphatic rings. The molecule has 1 unspecified atom stereocenters. The van der Waals surface area contributed by atoms with Gasteiger partial charge in [0, 0.05) is 18.7 Å². The number of amides is 1. The third kappa shape index (κ3) is 6.04. The molecule has 3 heterocycles. The van der Waals surface area contributed by atoms with Gasteiger partial charge in [-0.25, -0.2) is 19.4 Å². The maximum atomic E-state index is 12.7. The third-order valence-electron chi connectivity index (χ3n) is 6.02. The minimum absolute atomic E-state index is 0.0579. The number of piperidine rings is 1. The molecular formula is C29H36N6O3. The lowest BCUT2D eigenvalue weighted by molar-refractivity contribution is 0.0169. The Kier molecular flexibility index (Phi) is 8.14. The van der Waals surface area contributed by atoms with E-state index in [1.807, 2.05) is 93.9 Å². The van der Waals surface area contributed by atoms with Crippen LogP contribution in [0.3, 0.4) is 0 Å². The predicted octanol–water partition coefficient (Wildman–Crippen LogP) is 6.47. The number of para-hydroxylation sites is 1. The molecule has 200 valence electrons. The van der Waals surface area contributed by atoms with E-state index in [0.29, 0.717) is 35.6 Å². The van der Waals surface area contributed by atoms with Crippen molar-refractivity contribution in [1.82, 2.24) is 24.6 Å². The minimum Gasteiger partial charge on any atom is -0.457 e. The van der Waals surface area contributed by atoms with Crippen molar-refractivity contribution in [2.45, 2.75) is 59.1 Å². The molecule has 38 heavy (non-hydrogen) atoms. The molecule has 0 spiro atoms. The Morgan fingerprint density at radius 3 is 2.37 bits per heavy atom. The molecule has 1 fully saturated rings. The molecule has 0 bridgehead atoms. The van der Waals surface area contributed by atoms with Crippen LogP contribution in [0.15, 0.2) is 60.9 Å². The highest BCUT2D eigenvalue weighted by molar-refractivity contribution is 5.98. The fourth-order valence-corrected chi connectivity index (χ4v) is 4.40. The maximum absolute atomic E-state index is 12.7. The minimum atomic E-state index is -0.548. The van der Waals surface area contributed by atoms with E-state index in [0.717, 1.165) is 29.9 Å². The van der Waals surface area contributed by atoms with Gasteiger partial charge in [-0.05, 0) is 70.0 Å². The third-order valence-corrected chi connectivity index (χ3v) is 6.02. The average Bonchev–Trinajstić information content (AvgIpc) is 3.31. The highest BCUT2D eigenvalue weighted by Crippen LogP contribution is 2.35. The van der Waals surface area contributed by atoms with E-state index in [-0.39, 0.29) is 12.1 Å². The van der Waals surface area contributed by atoms with Crippen LogP contribution >= 0.6 is 0 Å². The number of rotatable bonds is 4. The van der Waals surface area contributed by atoms with Gasteiger partial charge in [-0.1, -0.05) is 32.0 Å². The van der Waals surface area contributed by atoms with Crippen molar-refractivity contribution in [3.05, 3.63) is 60.9 Å². The number of anilines is 1. The first-order valence-electron chi connectivity index (χ1n) is 13.1. The van der Waals surface area contributed by atoms with E-state index in [2.05, 4.69) is 9.97 Å². The van der Waals surface area contributed by atoms with Crippen LogP contribution in [-0.2, 0) is 4.74 Å². The summed E-state index contributed by atoms with van der Waals surface area (Å²) < 4.78 is 13.4. The first-order chi connectivity index (χ1) is 18.3. The summed E-state index contributed by atoms with van der Waals surface area (Å²) in [4.78, 5) is 23.2. The lowest BCUT2D eigenvalue weighted by atomic mass is 10.1. The largest absolute Gasteiger partial charge is 0.457 e. The zero-order valence-electron chi connectivity index (χ0n) is 22.7. The fraction of sp³-hybridized carbons (Fsp3) is 0.379. The molecule has 9 heteroatoms. The number of benzene rings is 2. The molecule has 1 amide bonds. The van der Waals surface area contributed by atoms with Gasteiger partial charge in [0.2, 0.25) is 0 Å². The molecule has 2 aromatic heterocycles. The SMILES string of the molecule is CC.CC(C)(C)OC(=O)N1CCCC(n2nc(-c3ccc(Oc4ccccc4)cc3)c3c(N)ncnc32)C1. The summed E-state index contributed by atoms with van der Waals surface area (Å²) in [7, 11) is 0. The average molecular weight is 517 g/mol. The zero-order valence-corrected chi connectivity index (χ0v) is 22.7. The van der Waals surface area contributed by atoms with Crippen molar-refractivity contribution in [1.29, 1.82) is 0 Å². The van der Waals surface area contributed by atoms with Crippen molar-refractivity contribution in [2.24, 2.45) is 0 Å². The Morgan fingerprint density at radius 1 is 1.00 bits per heavy atom. The van der Waals surface area contributed by atoms with Crippen LogP contribution in [0, 0.1) is 0 Å². The summed E-state index contributed by atoms with van der Waals surface area (Å²) in [6.07, 6.45) is 2.84. The fourth-order valence-electron chi connectivity index (χ4n) is 4.40. The highest BCUT2D eigenvalue weighted by atomic mass is 16.6. The van der Waals surface area contributed by atoms with Gasteiger partial charge in [-0.15, -0.1) is 0 Å². The molecule has 9 nitrogen and oxygen atoms in total. The summed E-state index contributed by atoms with van der Waals surface area (Å²) in [5.41, 5.74) is 7.98. The molecule has 5 rings (SSSR count). The second-order valence-corrected chi connectivity index (χ2v) is 9.91. The van der Waals surface area contributed by atoms with E-state index in [1.165, 1.54) is 6.33 Å². The summed E-state index contributed by atoms with van der Waals surface area (Å²) in [6, 6.07) is 17.3. The molecule has 2 N–H and O–H groups in total. The lowest BCUT2D eigenvalue weighted by Gasteiger charge is -2.34. The number of aromatic nitrogens is 4. The van der Waals surface area contributed by atoms with Crippen LogP contribution in [0.1, 0.15) is 53.5 Å². The Hall–Kier alpha value is -4.14. The number of hydrogen-bond acceptors (Lipinski definition) is 7. The molecule has 1 atom stereocenters. The Labute approximate surface area is 223 Å². The quantitative estimate of drug-likeness (QED) is 0.331. The first kappa shape index (κ1) is 26.9.